The molecular weight excluding hydrogens is 247 g/mol. The van der Waals surface area contributed by atoms with Crippen molar-refractivity contribution in [1.82, 2.24) is 4.98 Å². The van der Waals surface area contributed by atoms with E-state index in [4.69, 9.17) is 5.11 Å². The predicted molar refractivity (Wildman–Crippen MR) is 56.5 cm³/mol. The molecule has 1 aromatic carbocycles. The summed E-state index contributed by atoms with van der Waals surface area (Å²) in [7, 11) is 0. The van der Waals surface area contributed by atoms with E-state index in [9.17, 15) is 18.0 Å². The number of carboxylic acid groups (broad SMARTS) is 1. The molecule has 0 atom stereocenters. The molecule has 0 amide bonds. The fraction of sp³-hybridized carbons (Fsp3) is 0. The summed E-state index contributed by atoms with van der Waals surface area (Å²) in [4.78, 5) is 14.1. The molecular formula is C12H6F3NO2. The second-order valence-electron chi connectivity index (χ2n) is 3.48. The molecule has 0 radical (unpaired) electrons. The van der Waals surface area contributed by atoms with Gasteiger partial charge in [0, 0.05) is 23.9 Å². The first-order valence-corrected chi connectivity index (χ1v) is 4.83. The predicted octanol–water partition coefficient (Wildman–Crippen LogP) is 2.86. The highest BCUT2D eigenvalue weighted by Gasteiger charge is 2.14. The second-order valence-corrected chi connectivity index (χ2v) is 3.48. The van der Waals surface area contributed by atoms with E-state index in [1.807, 2.05) is 0 Å². The minimum absolute atomic E-state index is 0.0370. The molecule has 0 saturated heterocycles. The molecule has 0 saturated carbocycles. The Morgan fingerprint density at radius 2 is 1.72 bits per heavy atom. The van der Waals surface area contributed by atoms with Crippen LogP contribution in [0.3, 0.4) is 0 Å². The summed E-state index contributed by atoms with van der Waals surface area (Å²) < 4.78 is 39.6. The van der Waals surface area contributed by atoms with Gasteiger partial charge in [-0.25, -0.2) is 22.9 Å². The maximum atomic E-state index is 13.4. The van der Waals surface area contributed by atoms with Gasteiger partial charge in [-0.1, -0.05) is 6.07 Å². The minimum atomic E-state index is -1.25. The van der Waals surface area contributed by atoms with Crippen LogP contribution in [0.25, 0.3) is 11.1 Å². The molecule has 1 heterocycles. The van der Waals surface area contributed by atoms with Crippen LogP contribution in [-0.4, -0.2) is 16.1 Å². The van der Waals surface area contributed by atoms with Gasteiger partial charge in [0.2, 0.25) is 0 Å². The van der Waals surface area contributed by atoms with Gasteiger partial charge in [-0.05, 0) is 6.07 Å². The van der Waals surface area contributed by atoms with E-state index in [-0.39, 0.29) is 11.3 Å². The van der Waals surface area contributed by atoms with Crippen molar-refractivity contribution < 1.29 is 23.1 Å². The van der Waals surface area contributed by atoms with Crippen molar-refractivity contribution in [3.05, 3.63) is 53.6 Å². The van der Waals surface area contributed by atoms with Crippen LogP contribution in [0.5, 0.6) is 0 Å². The van der Waals surface area contributed by atoms with Crippen molar-refractivity contribution in [1.29, 1.82) is 0 Å². The highest BCUT2D eigenvalue weighted by molar-refractivity contribution is 5.85. The number of hydrogen-bond donors (Lipinski definition) is 1. The summed E-state index contributed by atoms with van der Waals surface area (Å²) >= 11 is 0. The molecule has 1 N–H and O–H groups in total. The Bertz CT molecular complexity index is 588. The number of carboxylic acids is 1. The van der Waals surface area contributed by atoms with Crippen LogP contribution < -0.4 is 0 Å². The molecule has 0 spiro atoms. The first-order valence-electron chi connectivity index (χ1n) is 4.83. The maximum absolute atomic E-state index is 13.4. The Kier molecular flexibility index (Phi) is 3.01. The van der Waals surface area contributed by atoms with Gasteiger partial charge in [-0.2, -0.15) is 0 Å². The van der Waals surface area contributed by atoms with Crippen molar-refractivity contribution in [3.63, 3.8) is 0 Å². The Balaban J connectivity index is 2.52. The van der Waals surface area contributed by atoms with Crippen molar-refractivity contribution in [2.45, 2.75) is 0 Å². The molecule has 1 aromatic heterocycles. The first kappa shape index (κ1) is 12.1. The van der Waals surface area contributed by atoms with E-state index >= 15 is 0 Å². The molecule has 18 heavy (non-hydrogen) atoms. The van der Waals surface area contributed by atoms with Gasteiger partial charge < -0.3 is 5.11 Å². The monoisotopic (exact) mass is 253 g/mol. The van der Waals surface area contributed by atoms with Crippen LogP contribution in [0.1, 0.15) is 10.5 Å². The number of aromatic carboxylic acids is 1. The topological polar surface area (TPSA) is 50.2 Å². The van der Waals surface area contributed by atoms with Crippen LogP contribution in [0.4, 0.5) is 13.2 Å². The third-order valence-electron chi connectivity index (χ3n) is 2.28. The van der Waals surface area contributed by atoms with Gasteiger partial charge >= 0.3 is 5.97 Å². The van der Waals surface area contributed by atoms with Gasteiger partial charge in [-0.3, -0.25) is 0 Å². The average Bonchev–Trinajstić information content (AvgIpc) is 2.28. The Morgan fingerprint density at radius 1 is 1.11 bits per heavy atom. The number of rotatable bonds is 2. The van der Waals surface area contributed by atoms with Gasteiger partial charge in [-0.15, -0.1) is 0 Å². The van der Waals surface area contributed by atoms with E-state index in [0.29, 0.717) is 12.1 Å². The zero-order valence-electron chi connectivity index (χ0n) is 8.82. The van der Waals surface area contributed by atoms with Gasteiger partial charge in [0.15, 0.2) is 0 Å². The van der Waals surface area contributed by atoms with Crippen LogP contribution in [0, 0.1) is 17.5 Å². The maximum Gasteiger partial charge on any atom is 0.354 e. The SMILES string of the molecule is O=C(O)c1ccc(-c2c(F)cc(F)cc2F)cn1. The van der Waals surface area contributed by atoms with E-state index < -0.39 is 29.0 Å². The summed E-state index contributed by atoms with van der Waals surface area (Å²) in [5.74, 6) is -4.42. The number of aromatic nitrogens is 1. The second kappa shape index (κ2) is 4.48. The number of pyridine rings is 1. The van der Waals surface area contributed by atoms with Crippen LogP contribution in [0.15, 0.2) is 30.5 Å². The zero-order valence-corrected chi connectivity index (χ0v) is 8.82. The van der Waals surface area contributed by atoms with Crippen molar-refractivity contribution >= 4 is 5.97 Å². The quantitative estimate of drug-likeness (QED) is 0.895. The lowest BCUT2D eigenvalue weighted by Gasteiger charge is -2.05. The number of carbonyl (C=O) groups is 1. The lowest BCUT2D eigenvalue weighted by molar-refractivity contribution is 0.0690. The summed E-state index contributed by atoms with van der Waals surface area (Å²) in [6.45, 7) is 0. The van der Waals surface area contributed by atoms with Crippen molar-refractivity contribution in [2.24, 2.45) is 0 Å². The summed E-state index contributed by atoms with van der Waals surface area (Å²) in [6.07, 6.45) is 1.02. The normalized spacial score (nSPS) is 10.4. The number of hydrogen-bond acceptors (Lipinski definition) is 2. The van der Waals surface area contributed by atoms with E-state index in [1.54, 1.807) is 0 Å². The fourth-order valence-corrected chi connectivity index (χ4v) is 1.49. The summed E-state index contributed by atoms with van der Waals surface area (Å²) in [5, 5.41) is 8.63. The standard InChI is InChI=1S/C12H6F3NO2/c13-7-3-8(14)11(9(15)4-7)6-1-2-10(12(17)18)16-5-6/h1-5H,(H,17,18). The molecule has 0 aliphatic rings. The largest absolute Gasteiger partial charge is 0.477 e. The molecule has 6 heteroatoms. The van der Waals surface area contributed by atoms with Crippen molar-refractivity contribution in [3.8, 4) is 11.1 Å². The molecule has 2 rings (SSSR count). The molecule has 0 aliphatic heterocycles. The molecule has 0 bridgehead atoms. The third-order valence-corrected chi connectivity index (χ3v) is 2.28. The lowest BCUT2D eigenvalue weighted by Crippen LogP contribution is -2.00. The van der Waals surface area contributed by atoms with Gasteiger partial charge in [0.25, 0.3) is 0 Å². The van der Waals surface area contributed by atoms with E-state index in [2.05, 4.69) is 4.98 Å². The van der Waals surface area contributed by atoms with Crippen LogP contribution >= 0.6 is 0 Å². The van der Waals surface area contributed by atoms with E-state index in [0.717, 1.165) is 12.3 Å². The molecule has 3 nitrogen and oxygen atoms in total. The Hall–Kier alpha value is -2.37. The fourth-order valence-electron chi connectivity index (χ4n) is 1.49. The zero-order chi connectivity index (χ0) is 13.3. The highest BCUT2D eigenvalue weighted by Crippen LogP contribution is 2.26. The lowest BCUT2D eigenvalue weighted by atomic mass is 10.1. The summed E-state index contributed by atoms with van der Waals surface area (Å²) in [6, 6.07) is 3.41. The van der Waals surface area contributed by atoms with Crippen molar-refractivity contribution in [2.75, 3.05) is 0 Å². The molecule has 2 aromatic rings. The van der Waals surface area contributed by atoms with Crippen LogP contribution in [0.2, 0.25) is 0 Å². The summed E-state index contributed by atoms with van der Waals surface area (Å²) in [5.41, 5.74) is -0.655. The van der Waals surface area contributed by atoms with E-state index in [1.165, 1.54) is 6.07 Å². The van der Waals surface area contributed by atoms with Crippen LogP contribution in [-0.2, 0) is 0 Å². The molecule has 0 fully saturated rings. The Morgan fingerprint density at radius 3 is 2.17 bits per heavy atom. The van der Waals surface area contributed by atoms with Gasteiger partial charge in [0.1, 0.15) is 23.1 Å². The first-order chi connectivity index (χ1) is 8.49. The average molecular weight is 253 g/mol. The number of halogens is 3. The third kappa shape index (κ3) is 2.17. The highest BCUT2D eigenvalue weighted by atomic mass is 19.1. The molecule has 0 unspecified atom stereocenters. The molecule has 92 valence electrons. The van der Waals surface area contributed by atoms with Gasteiger partial charge in [0.05, 0.1) is 5.56 Å². The number of benzene rings is 1. The smallest absolute Gasteiger partial charge is 0.354 e. The Labute approximate surface area is 99.5 Å². The molecule has 0 aliphatic carbocycles. The number of nitrogens with zero attached hydrogens (tertiary/aromatic N) is 1. The minimum Gasteiger partial charge on any atom is -0.477 e.